The Morgan fingerprint density at radius 1 is 1.32 bits per heavy atom. The van der Waals surface area contributed by atoms with E-state index in [1.165, 1.54) is 24.1 Å². The van der Waals surface area contributed by atoms with E-state index in [9.17, 15) is 14.4 Å². The maximum absolute atomic E-state index is 12.1. The van der Waals surface area contributed by atoms with Crippen molar-refractivity contribution in [2.24, 2.45) is 0 Å². The number of esters is 1. The number of pyridine rings is 1. The number of aromatic nitrogens is 1. The summed E-state index contributed by atoms with van der Waals surface area (Å²) in [7, 11) is 0. The Kier molecular flexibility index (Phi) is 6.10. The third-order valence-corrected chi connectivity index (χ3v) is 4.23. The molecule has 0 saturated carbocycles. The minimum Gasteiger partial charge on any atom is -0.482 e. The zero-order chi connectivity index (χ0) is 20.1. The largest absolute Gasteiger partial charge is 0.482 e. The van der Waals surface area contributed by atoms with Crippen molar-refractivity contribution in [3.05, 3.63) is 47.6 Å². The molecule has 1 atom stereocenters. The van der Waals surface area contributed by atoms with Crippen LogP contribution in [-0.2, 0) is 19.1 Å². The van der Waals surface area contributed by atoms with Gasteiger partial charge in [-0.3, -0.25) is 14.4 Å². The van der Waals surface area contributed by atoms with Crippen molar-refractivity contribution in [1.82, 2.24) is 4.98 Å². The topological polar surface area (TPSA) is 97.8 Å². The summed E-state index contributed by atoms with van der Waals surface area (Å²) in [6.07, 6.45) is 0.319. The molecule has 1 aliphatic rings. The van der Waals surface area contributed by atoms with Crippen LogP contribution in [0.4, 0.5) is 11.5 Å². The standard InChI is InChI=1S/C19H18ClN3O5/c1-12(19(26)22-16-7-6-13(20)10-21-16)28-18(25)8-9-23-14-4-2-3-5-15(14)27-11-17(23)24/h2-7,10,12H,8-9,11H2,1H3,(H,21,22,26)/t12-/m1/s1. The fourth-order valence-electron chi connectivity index (χ4n) is 2.59. The first-order valence-electron chi connectivity index (χ1n) is 8.58. The molecule has 1 aliphatic heterocycles. The van der Waals surface area contributed by atoms with Crippen molar-refractivity contribution in [2.45, 2.75) is 19.4 Å². The van der Waals surface area contributed by atoms with Crippen LogP contribution in [0.15, 0.2) is 42.6 Å². The van der Waals surface area contributed by atoms with Crippen LogP contribution in [0.1, 0.15) is 13.3 Å². The monoisotopic (exact) mass is 403 g/mol. The van der Waals surface area contributed by atoms with E-state index in [4.69, 9.17) is 21.1 Å². The first-order valence-corrected chi connectivity index (χ1v) is 8.96. The summed E-state index contributed by atoms with van der Waals surface area (Å²) in [6.45, 7) is 1.50. The lowest BCUT2D eigenvalue weighted by molar-refractivity contribution is -0.153. The predicted octanol–water partition coefficient (Wildman–Crippen LogP) is 2.42. The molecule has 0 spiro atoms. The van der Waals surface area contributed by atoms with Crippen LogP contribution in [0, 0.1) is 0 Å². The summed E-state index contributed by atoms with van der Waals surface area (Å²) in [5, 5.41) is 2.97. The van der Waals surface area contributed by atoms with Gasteiger partial charge in [0.25, 0.3) is 11.8 Å². The number of hydrogen-bond acceptors (Lipinski definition) is 6. The Morgan fingerprint density at radius 2 is 2.11 bits per heavy atom. The minimum atomic E-state index is -1.02. The average Bonchev–Trinajstić information content (AvgIpc) is 2.69. The van der Waals surface area contributed by atoms with Gasteiger partial charge in [-0.05, 0) is 31.2 Å². The van der Waals surface area contributed by atoms with Crippen LogP contribution < -0.4 is 15.0 Å². The lowest BCUT2D eigenvalue weighted by Crippen LogP contribution is -2.40. The first-order chi connectivity index (χ1) is 13.4. The molecule has 0 saturated heterocycles. The van der Waals surface area contributed by atoms with Gasteiger partial charge < -0.3 is 19.7 Å². The molecule has 1 aromatic carbocycles. The zero-order valence-electron chi connectivity index (χ0n) is 15.1. The number of para-hydroxylation sites is 2. The van der Waals surface area contributed by atoms with Gasteiger partial charge in [0.15, 0.2) is 12.7 Å². The normalized spacial score (nSPS) is 13.9. The number of carbonyl (C=O) groups is 3. The Balaban J connectivity index is 1.52. The summed E-state index contributed by atoms with van der Waals surface area (Å²) in [5.41, 5.74) is 0.603. The Bertz CT molecular complexity index is 887. The van der Waals surface area contributed by atoms with Crippen molar-refractivity contribution in [3.63, 3.8) is 0 Å². The fourth-order valence-corrected chi connectivity index (χ4v) is 2.70. The highest BCUT2D eigenvalue weighted by atomic mass is 35.5. The van der Waals surface area contributed by atoms with Crippen LogP contribution >= 0.6 is 11.6 Å². The number of anilines is 2. The van der Waals surface area contributed by atoms with E-state index in [2.05, 4.69) is 10.3 Å². The molecule has 2 aromatic rings. The number of hydrogen-bond donors (Lipinski definition) is 1. The van der Waals surface area contributed by atoms with Gasteiger partial charge >= 0.3 is 5.97 Å². The van der Waals surface area contributed by atoms with Crippen molar-refractivity contribution < 1.29 is 23.9 Å². The van der Waals surface area contributed by atoms with Gasteiger partial charge in [-0.2, -0.15) is 0 Å². The van der Waals surface area contributed by atoms with Crippen molar-refractivity contribution in [3.8, 4) is 5.75 Å². The molecule has 1 N–H and O–H groups in total. The molecule has 8 nitrogen and oxygen atoms in total. The molecule has 2 amide bonds. The number of ether oxygens (including phenoxy) is 2. The van der Waals surface area contributed by atoms with Crippen LogP contribution in [0.2, 0.25) is 5.02 Å². The predicted molar refractivity (Wildman–Crippen MR) is 102 cm³/mol. The Morgan fingerprint density at radius 3 is 2.86 bits per heavy atom. The molecule has 28 heavy (non-hydrogen) atoms. The zero-order valence-corrected chi connectivity index (χ0v) is 15.8. The highest BCUT2D eigenvalue weighted by Gasteiger charge is 2.26. The average molecular weight is 404 g/mol. The first kappa shape index (κ1) is 19.6. The van der Waals surface area contributed by atoms with E-state index in [-0.39, 0.29) is 25.5 Å². The van der Waals surface area contributed by atoms with Gasteiger partial charge in [-0.1, -0.05) is 23.7 Å². The smallest absolute Gasteiger partial charge is 0.308 e. The third-order valence-electron chi connectivity index (χ3n) is 4.00. The summed E-state index contributed by atoms with van der Waals surface area (Å²) >= 11 is 5.74. The molecule has 1 aromatic heterocycles. The van der Waals surface area contributed by atoms with E-state index in [0.717, 1.165) is 0 Å². The SMILES string of the molecule is C[C@@H](OC(=O)CCN1C(=O)COc2ccccc21)C(=O)Nc1ccc(Cl)cn1. The van der Waals surface area contributed by atoms with E-state index >= 15 is 0 Å². The molecular weight excluding hydrogens is 386 g/mol. The van der Waals surface area contributed by atoms with Gasteiger partial charge in [-0.25, -0.2) is 4.98 Å². The lowest BCUT2D eigenvalue weighted by Gasteiger charge is -2.29. The Labute approximate surface area is 166 Å². The second-order valence-corrected chi connectivity index (χ2v) is 6.47. The minimum absolute atomic E-state index is 0.0586. The van der Waals surface area contributed by atoms with Crippen molar-refractivity contribution in [2.75, 3.05) is 23.4 Å². The Hall–Kier alpha value is -3.13. The van der Waals surface area contributed by atoms with Gasteiger partial charge in [0.1, 0.15) is 11.6 Å². The van der Waals surface area contributed by atoms with Crippen molar-refractivity contribution >= 4 is 40.9 Å². The van der Waals surface area contributed by atoms with Crippen LogP contribution in [0.3, 0.4) is 0 Å². The van der Waals surface area contributed by atoms with Crippen LogP contribution in [0.25, 0.3) is 0 Å². The van der Waals surface area contributed by atoms with Crippen LogP contribution in [0.5, 0.6) is 5.75 Å². The molecule has 3 rings (SSSR count). The van der Waals surface area contributed by atoms with Gasteiger partial charge in [0.05, 0.1) is 17.1 Å². The fraction of sp³-hybridized carbons (Fsp3) is 0.263. The number of rotatable bonds is 6. The number of benzene rings is 1. The second kappa shape index (κ2) is 8.71. The number of halogens is 1. The molecular formula is C19H18ClN3O5. The maximum Gasteiger partial charge on any atom is 0.308 e. The molecule has 146 valence electrons. The van der Waals surface area contributed by atoms with E-state index in [1.54, 1.807) is 30.3 Å². The maximum atomic E-state index is 12.1. The van der Waals surface area contributed by atoms with Crippen molar-refractivity contribution in [1.29, 1.82) is 0 Å². The highest BCUT2D eigenvalue weighted by molar-refractivity contribution is 6.30. The molecule has 0 unspecified atom stereocenters. The molecule has 0 fully saturated rings. The summed E-state index contributed by atoms with van der Waals surface area (Å²) in [4.78, 5) is 41.7. The number of carbonyl (C=O) groups excluding carboxylic acids is 3. The quantitative estimate of drug-likeness (QED) is 0.744. The lowest BCUT2D eigenvalue weighted by atomic mass is 10.2. The molecule has 0 bridgehead atoms. The van der Waals surface area contributed by atoms with Gasteiger partial charge in [0, 0.05) is 12.7 Å². The van der Waals surface area contributed by atoms with E-state index in [1.807, 2.05) is 0 Å². The number of nitrogens with one attached hydrogen (secondary N) is 1. The second-order valence-electron chi connectivity index (χ2n) is 6.03. The summed E-state index contributed by atoms with van der Waals surface area (Å²) < 4.78 is 10.5. The summed E-state index contributed by atoms with van der Waals surface area (Å²) in [5.74, 6) is -0.475. The third kappa shape index (κ3) is 4.77. The molecule has 0 radical (unpaired) electrons. The summed E-state index contributed by atoms with van der Waals surface area (Å²) in [6, 6.07) is 10.2. The number of amides is 2. The van der Waals surface area contributed by atoms with Gasteiger partial charge in [-0.15, -0.1) is 0 Å². The van der Waals surface area contributed by atoms with E-state index < -0.39 is 18.0 Å². The molecule has 9 heteroatoms. The van der Waals surface area contributed by atoms with Crippen LogP contribution in [-0.4, -0.2) is 42.0 Å². The number of nitrogens with zero attached hydrogens (tertiary/aromatic N) is 2. The molecule has 2 heterocycles. The highest BCUT2D eigenvalue weighted by Crippen LogP contribution is 2.31. The van der Waals surface area contributed by atoms with Gasteiger partial charge in [0.2, 0.25) is 0 Å². The van der Waals surface area contributed by atoms with E-state index in [0.29, 0.717) is 22.3 Å². The number of fused-ring (bicyclic) bond motifs is 1. The molecule has 0 aliphatic carbocycles.